The molecular formula is C6H12O4. The first-order valence-electron chi connectivity index (χ1n) is 3.36. The van der Waals surface area contributed by atoms with E-state index in [2.05, 4.69) is 0 Å². The predicted molar refractivity (Wildman–Crippen MR) is 33.2 cm³/mol. The molecule has 10 heavy (non-hydrogen) atoms. The topological polar surface area (TPSA) is 69.9 Å². The summed E-state index contributed by atoms with van der Waals surface area (Å²) < 4.78 is 4.79. The van der Waals surface area contributed by atoms with Gasteiger partial charge in [0, 0.05) is 0 Å². The minimum atomic E-state index is -1.22. The zero-order valence-electron chi connectivity index (χ0n) is 5.77. The fourth-order valence-corrected chi connectivity index (χ4v) is 1.07. The van der Waals surface area contributed by atoms with Crippen LogP contribution in [0.3, 0.4) is 0 Å². The Kier molecular flexibility index (Phi) is 2.25. The van der Waals surface area contributed by atoms with Crippen molar-refractivity contribution in [3.8, 4) is 0 Å². The number of aliphatic hydroxyl groups excluding tert-OH is 3. The molecule has 4 nitrogen and oxygen atoms in total. The van der Waals surface area contributed by atoms with Crippen molar-refractivity contribution in [3.63, 3.8) is 0 Å². The Bertz CT molecular complexity index is 116. The van der Waals surface area contributed by atoms with Gasteiger partial charge in [-0.2, -0.15) is 0 Å². The van der Waals surface area contributed by atoms with E-state index in [1.807, 2.05) is 6.92 Å². The van der Waals surface area contributed by atoms with Crippen molar-refractivity contribution in [1.29, 1.82) is 0 Å². The van der Waals surface area contributed by atoms with E-state index >= 15 is 0 Å². The summed E-state index contributed by atoms with van der Waals surface area (Å²) in [7, 11) is 0. The summed E-state index contributed by atoms with van der Waals surface area (Å²) in [5.74, 6) is 0. The lowest BCUT2D eigenvalue weighted by atomic mass is 10.1. The van der Waals surface area contributed by atoms with E-state index in [-0.39, 0.29) is 0 Å². The molecule has 1 aliphatic rings. The van der Waals surface area contributed by atoms with Gasteiger partial charge in [0.15, 0.2) is 6.29 Å². The average molecular weight is 148 g/mol. The number of ether oxygens (including phenoxy) is 1. The second-order valence-corrected chi connectivity index (χ2v) is 2.45. The largest absolute Gasteiger partial charge is 0.387 e. The lowest BCUT2D eigenvalue weighted by molar-refractivity contribution is -0.127. The number of hydrogen-bond acceptors (Lipinski definition) is 4. The van der Waals surface area contributed by atoms with Crippen LogP contribution in [-0.4, -0.2) is 39.9 Å². The molecule has 0 aliphatic carbocycles. The molecule has 1 aliphatic heterocycles. The quantitative estimate of drug-likeness (QED) is 0.438. The molecule has 0 aromatic heterocycles. The van der Waals surface area contributed by atoms with Crippen LogP contribution in [0.2, 0.25) is 0 Å². The van der Waals surface area contributed by atoms with E-state index in [4.69, 9.17) is 20.1 Å². The molecule has 4 heteroatoms. The smallest absolute Gasteiger partial charge is 0.183 e. The first-order valence-corrected chi connectivity index (χ1v) is 3.36. The molecule has 1 heterocycles. The van der Waals surface area contributed by atoms with Crippen LogP contribution in [0.5, 0.6) is 0 Å². The summed E-state index contributed by atoms with van der Waals surface area (Å²) in [6.45, 7) is 1.82. The van der Waals surface area contributed by atoms with Crippen molar-refractivity contribution >= 4 is 0 Å². The summed E-state index contributed by atoms with van der Waals surface area (Å²) in [5.41, 5.74) is 0. The molecule has 0 aromatic carbocycles. The van der Waals surface area contributed by atoms with E-state index in [9.17, 15) is 0 Å². The molecule has 3 N–H and O–H groups in total. The fraction of sp³-hybridized carbons (Fsp3) is 1.00. The number of rotatable bonds is 1. The monoisotopic (exact) mass is 148 g/mol. The highest BCUT2D eigenvalue weighted by Crippen LogP contribution is 2.21. The zero-order chi connectivity index (χ0) is 7.72. The number of hydrogen-bond donors (Lipinski definition) is 3. The SMILES string of the molecule is CC[C@H]1OC(O)[C@H](O)[C@@H]1O. The van der Waals surface area contributed by atoms with E-state index in [0.29, 0.717) is 6.42 Å². The van der Waals surface area contributed by atoms with Crippen LogP contribution in [0, 0.1) is 0 Å². The molecule has 4 atom stereocenters. The van der Waals surface area contributed by atoms with Crippen molar-refractivity contribution in [3.05, 3.63) is 0 Å². The molecule has 0 spiro atoms. The summed E-state index contributed by atoms with van der Waals surface area (Å²) in [6, 6.07) is 0. The molecular weight excluding hydrogens is 136 g/mol. The summed E-state index contributed by atoms with van der Waals surface area (Å²) >= 11 is 0. The predicted octanol–water partition coefficient (Wildman–Crippen LogP) is -1.16. The Hall–Kier alpha value is -0.160. The maximum Gasteiger partial charge on any atom is 0.183 e. The third-order valence-corrected chi connectivity index (χ3v) is 1.74. The summed E-state index contributed by atoms with van der Waals surface area (Å²) in [6.07, 6.45) is -3.15. The minimum Gasteiger partial charge on any atom is -0.387 e. The van der Waals surface area contributed by atoms with Crippen LogP contribution in [0.4, 0.5) is 0 Å². The van der Waals surface area contributed by atoms with Crippen molar-refractivity contribution in [2.75, 3.05) is 0 Å². The third kappa shape index (κ3) is 1.15. The van der Waals surface area contributed by atoms with E-state index in [1.165, 1.54) is 0 Å². The van der Waals surface area contributed by atoms with E-state index in [0.717, 1.165) is 0 Å². The molecule has 0 aromatic rings. The highest BCUT2D eigenvalue weighted by atomic mass is 16.6. The van der Waals surface area contributed by atoms with Crippen molar-refractivity contribution in [2.24, 2.45) is 0 Å². The first-order chi connectivity index (χ1) is 4.66. The van der Waals surface area contributed by atoms with Gasteiger partial charge in [-0.3, -0.25) is 0 Å². The van der Waals surface area contributed by atoms with Crippen LogP contribution in [0.1, 0.15) is 13.3 Å². The molecule has 1 saturated heterocycles. The number of aliphatic hydroxyl groups is 3. The lowest BCUT2D eigenvalue weighted by Gasteiger charge is -2.10. The Balaban J connectivity index is 2.53. The third-order valence-electron chi connectivity index (χ3n) is 1.74. The average Bonchev–Trinajstić information content (AvgIpc) is 2.17. The first kappa shape index (κ1) is 7.94. The molecule has 0 amide bonds. The van der Waals surface area contributed by atoms with Gasteiger partial charge in [-0.1, -0.05) is 6.92 Å². The Morgan fingerprint density at radius 1 is 1.20 bits per heavy atom. The van der Waals surface area contributed by atoms with Gasteiger partial charge < -0.3 is 20.1 Å². The normalized spacial score (nSPS) is 48.0. The highest BCUT2D eigenvalue weighted by molar-refractivity contribution is 4.84. The zero-order valence-corrected chi connectivity index (χ0v) is 5.77. The van der Waals surface area contributed by atoms with Crippen LogP contribution in [0.15, 0.2) is 0 Å². The lowest BCUT2D eigenvalue weighted by Crippen LogP contribution is -2.31. The van der Waals surface area contributed by atoms with Crippen molar-refractivity contribution < 1.29 is 20.1 Å². The second-order valence-electron chi connectivity index (χ2n) is 2.45. The Labute approximate surface area is 59.1 Å². The molecule has 1 unspecified atom stereocenters. The van der Waals surface area contributed by atoms with Gasteiger partial charge in [-0.05, 0) is 6.42 Å². The molecule has 0 bridgehead atoms. The van der Waals surface area contributed by atoms with Crippen LogP contribution in [0.25, 0.3) is 0 Å². The maximum atomic E-state index is 9.09. The van der Waals surface area contributed by atoms with Gasteiger partial charge in [0.2, 0.25) is 0 Å². The van der Waals surface area contributed by atoms with Crippen LogP contribution < -0.4 is 0 Å². The minimum absolute atomic E-state index is 0.426. The Morgan fingerprint density at radius 3 is 2.00 bits per heavy atom. The van der Waals surface area contributed by atoms with E-state index < -0.39 is 24.6 Å². The van der Waals surface area contributed by atoms with Gasteiger partial charge >= 0.3 is 0 Å². The highest BCUT2D eigenvalue weighted by Gasteiger charge is 2.40. The molecule has 1 fully saturated rings. The fourth-order valence-electron chi connectivity index (χ4n) is 1.07. The molecule has 0 saturated carbocycles. The van der Waals surface area contributed by atoms with Gasteiger partial charge in [-0.15, -0.1) is 0 Å². The molecule has 60 valence electrons. The van der Waals surface area contributed by atoms with Crippen molar-refractivity contribution in [1.82, 2.24) is 0 Å². The van der Waals surface area contributed by atoms with Crippen LogP contribution >= 0.6 is 0 Å². The maximum absolute atomic E-state index is 9.09. The standard InChI is InChI=1S/C6H12O4/c1-2-3-4(7)5(8)6(9)10-3/h3-9H,2H2,1H3/t3-,4-,5-,6?/m1/s1. The van der Waals surface area contributed by atoms with E-state index in [1.54, 1.807) is 0 Å². The summed E-state index contributed by atoms with van der Waals surface area (Å²) in [5, 5.41) is 26.9. The van der Waals surface area contributed by atoms with Gasteiger partial charge in [0.1, 0.15) is 12.2 Å². The molecule has 0 radical (unpaired) electrons. The van der Waals surface area contributed by atoms with Crippen molar-refractivity contribution in [2.45, 2.75) is 37.9 Å². The summed E-state index contributed by atoms with van der Waals surface area (Å²) in [4.78, 5) is 0. The van der Waals surface area contributed by atoms with Crippen LogP contribution in [-0.2, 0) is 4.74 Å². The van der Waals surface area contributed by atoms with Gasteiger partial charge in [0.25, 0.3) is 0 Å². The van der Waals surface area contributed by atoms with Gasteiger partial charge in [-0.25, -0.2) is 0 Å². The second kappa shape index (κ2) is 2.84. The molecule has 1 rings (SSSR count). The van der Waals surface area contributed by atoms with Gasteiger partial charge in [0.05, 0.1) is 6.10 Å². The Morgan fingerprint density at radius 2 is 1.80 bits per heavy atom.